The zero-order valence-electron chi connectivity index (χ0n) is 19.7. The zero-order chi connectivity index (χ0) is 22.8. The molecule has 2 fully saturated rings. The Bertz CT molecular complexity index is 1060. The van der Waals surface area contributed by atoms with Crippen LogP contribution in [0.1, 0.15) is 51.1 Å². The van der Waals surface area contributed by atoms with Crippen LogP contribution in [0.15, 0.2) is 36.7 Å². The molecule has 2 N–H and O–H groups in total. The van der Waals surface area contributed by atoms with Gasteiger partial charge in [0.25, 0.3) is 0 Å². The normalized spacial score (nSPS) is 20.2. The third-order valence-corrected chi connectivity index (χ3v) is 7.00. The lowest BCUT2D eigenvalue weighted by Gasteiger charge is -2.32. The topological polar surface area (TPSA) is 82.3 Å². The predicted molar refractivity (Wildman–Crippen MR) is 132 cm³/mol. The molecular weight excluding hydrogens is 414 g/mol. The third-order valence-electron chi connectivity index (χ3n) is 7.00. The van der Waals surface area contributed by atoms with Gasteiger partial charge in [-0.2, -0.15) is 0 Å². The van der Waals surface area contributed by atoms with Gasteiger partial charge >= 0.3 is 0 Å². The fourth-order valence-electron chi connectivity index (χ4n) is 5.24. The van der Waals surface area contributed by atoms with Crippen molar-refractivity contribution >= 4 is 22.9 Å². The van der Waals surface area contributed by atoms with E-state index in [2.05, 4.69) is 73.8 Å². The van der Waals surface area contributed by atoms with Crippen molar-refractivity contribution in [3.05, 3.63) is 42.2 Å². The van der Waals surface area contributed by atoms with Crippen LogP contribution in [0.25, 0.3) is 11.2 Å². The van der Waals surface area contributed by atoms with Crippen molar-refractivity contribution in [3.63, 3.8) is 0 Å². The van der Waals surface area contributed by atoms with Gasteiger partial charge in [-0.05, 0) is 45.1 Å². The molecular formula is C25H35N7O. The standard InChI is InChI=1S/C25H35N7O/c1-18(2)32-24-22(29-25(32)31-12-6-9-21(31)16-33)23(26-17-27-24)28-20-10-13-30(14-11-20)15-19-7-4-3-5-8-19/h3-5,7-8,17-18,20-21,33H,6,9-16H2,1-2H3,(H,26,27,28). The molecule has 176 valence electrons. The van der Waals surface area contributed by atoms with E-state index in [9.17, 15) is 5.11 Å². The Kier molecular flexibility index (Phi) is 6.46. The molecule has 2 saturated heterocycles. The van der Waals surface area contributed by atoms with Crippen molar-refractivity contribution < 1.29 is 5.11 Å². The lowest BCUT2D eigenvalue weighted by molar-refractivity contribution is 0.211. The highest BCUT2D eigenvalue weighted by molar-refractivity contribution is 5.85. The van der Waals surface area contributed by atoms with Gasteiger partial charge in [-0.15, -0.1) is 0 Å². The Morgan fingerprint density at radius 3 is 2.58 bits per heavy atom. The Labute approximate surface area is 195 Å². The number of aliphatic hydroxyl groups excluding tert-OH is 1. The van der Waals surface area contributed by atoms with Crippen molar-refractivity contribution in [3.8, 4) is 0 Å². The van der Waals surface area contributed by atoms with Gasteiger partial charge in [0, 0.05) is 38.3 Å². The molecule has 2 aliphatic rings. The predicted octanol–water partition coefficient (Wildman–Crippen LogP) is 3.44. The first-order chi connectivity index (χ1) is 16.1. The summed E-state index contributed by atoms with van der Waals surface area (Å²) in [5, 5.41) is 13.5. The molecule has 0 radical (unpaired) electrons. The maximum absolute atomic E-state index is 9.86. The van der Waals surface area contributed by atoms with Gasteiger partial charge in [0.2, 0.25) is 5.95 Å². The second-order valence-electron chi connectivity index (χ2n) is 9.62. The minimum atomic E-state index is 0.123. The van der Waals surface area contributed by atoms with E-state index in [1.54, 1.807) is 6.33 Å². The summed E-state index contributed by atoms with van der Waals surface area (Å²) in [6, 6.07) is 11.4. The molecule has 2 aliphatic heterocycles. The first-order valence-corrected chi connectivity index (χ1v) is 12.3. The molecule has 1 aromatic carbocycles. The summed E-state index contributed by atoms with van der Waals surface area (Å²) in [7, 11) is 0. The maximum atomic E-state index is 9.86. The number of aromatic nitrogens is 4. The molecule has 0 amide bonds. The number of nitrogens with one attached hydrogen (secondary N) is 1. The van der Waals surface area contributed by atoms with Gasteiger partial charge in [0.1, 0.15) is 6.33 Å². The largest absolute Gasteiger partial charge is 0.394 e. The lowest BCUT2D eigenvalue weighted by Crippen LogP contribution is -2.38. The van der Waals surface area contributed by atoms with Crippen LogP contribution in [0, 0.1) is 0 Å². The summed E-state index contributed by atoms with van der Waals surface area (Å²) in [6.07, 6.45) is 5.87. The Morgan fingerprint density at radius 2 is 1.85 bits per heavy atom. The van der Waals surface area contributed by atoms with Crippen molar-refractivity contribution in [2.75, 3.05) is 36.5 Å². The average Bonchev–Trinajstić information content (AvgIpc) is 3.46. The minimum Gasteiger partial charge on any atom is -0.394 e. The van der Waals surface area contributed by atoms with E-state index in [-0.39, 0.29) is 18.7 Å². The van der Waals surface area contributed by atoms with E-state index in [0.29, 0.717) is 6.04 Å². The lowest BCUT2D eigenvalue weighted by atomic mass is 10.0. The molecule has 33 heavy (non-hydrogen) atoms. The second-order valence-corrected chi connectivity index (χ2v) is 9.62. The number of aliphatic hydroxyl groups is 1. The van der Waals surface area contributed by atoms with Gasteiger partial charge in [0.15, 0.2) is 17.0 Å². The van der Waals surface area contributed by atoms with Crippen LogP contribution < -0.4 is 10.2 Å². The van der Waals surface area contributed by atoms with Crippen molar-refractivity contribution in [2.45, 2.75) is 64.2 Å². The summed E-state index contributed by atoms with van der Waals surface area (Å²) >= 11 is 0. The van der Waals surface area contributed by atoms with E-state index < -0.39 is 0 Å². The Hall–Kier alpha value is -2.71. The molecule has 1 atom stereocenters. The van der Waals surface area contributed by atoms with Crippen LogP contribution in [-0.4, -0.2) is 67.9 Å². The monoisotopic (exact) mass is 449 g/mol. The summed E-state index contributed by atoms with van der Waals surface area (Å²) in [4.78, 5) is 19.0. The molecule has 4 heterocycles. The quantitative estimate of drug-likeness (QED) is 0.572. The summed E-state index contributed by atoms with van der Waals surface area (Å²) in [5.41, 5.74) is 3.07. The number of benzene rings is 1. The number of hydrogen-bond donors (Lipinski definition) is 2. The van der Waals surface area contributed by atoms with Crippen LogP contribution in [0.2, 0.25) is 0 Å². The number of imidazole rings is 1. The van der Waals surface area contributed by atoms with Crippen LogP contribution in [0.5, 0.6) is 0 Å². The van der Waals surface area contributed by atoms with Gasteiger partial charge in [-0.25, -0.2) is 15.0 Å². The van der Waals surface area contributed by atoms with Crippen LogP contribution in [0.4, 0.5) is 11.8 Å². The molecule has 8 nitrogen and oxygen atoms in total. The average molecular weight is 450 g/mol. The van der Waals surface area contributed by atoms with Crippen molar-refractivity contribution in [1.82, 2.24) is 24.4 Å². The summed E-state index contributed by atoms with van der Waals surface area (Å²) in [5.74, 6) is 1.72. The Morgan fingerprint density at radius 1 is 1.06 bits per heavy atom. The number of piperidine rings is 1. The van der Waals surface area contributed by atoms with E-state index in [1.165, 1.54) is 5.56 Å². The van der Waals surface area contributed by atoms with E-state index >= 15 is 0 Å². The maximum Gasteiger partial charge on any atom is 0.208 e. The third kappa shape index (κ3) is 4.54. The number of likely N-dealkylation sites (tertiary alicyclic amines) is 1. The fourth-order valence-corrected chi connectivity index (χ4v) is 5.24. The minimum absolute atomic E-state index is 0.123. The Balaban J connectivity index is 1.33. The highest BCUT2D eigenvalue weighted by Gasteiger charge is 2.30. The SMILES string of the molecule is CC(C)n1c(N2CCCC2CO)nc2c(NC3CCN(Cc4ccccc4)CC3)ncnc21. The van der Waals surface area contributed by atoms with Crippen LogP contribution >= 0.6 is 0 Å². The molecule has 3 aromatic rings. The highest BCUT2D eigenvalue weighted by Crippen LogP contribution is 2.33. The molecule has 0 aliphatic carbocycles. The van der Waals surface area contributed by atoms with Crippen LogP contribution in [-0.2, 0) is 6.54 Å². The molecule has 0 spiro atoms. The van der Waals surface area contributed by atoms with Crippen molar-refractivity contribution in [2.24, 2.45) is 0 Å². The number of fused-ring (bicyclic) bond motifs is 1. The van der Waals surface area contributed by atoms with Gasteiger partial charge in [-0.1, -0.05) is 30.3 Å². The first kappa shape index (κ1) is 22.1. The molecule has 0 bridgehead atoms. The molecule has 2 aromatic heterocycles. The fraction of sp³-hybridized carbons (Fsp3) is 0.560. The zero-order valence-corrected chi connectivity index (χ0v) is 19.7. The number of nitrogens with zero attached hydrogens (tertiary/aromatic N) is 6. The van der Waals surface area contributed by atoms with E-state index in [1.807, 2.05) is 0 Å². The van der Waals surface area contributed by atoms with Gasteiger partial charge < -0.3 is 15.3 Å². The smallest absolute Gasteiger partial charge is 0.208 e. The van der Waals surface area contributed by atoms with E-state index in [0.717, 1.165) is 74.8 Å². The van der Waals surface area contributed by atoms with Crippen LogP contribution in [0.3, 0.4) is 0 Å². The number of hydrogen-bond acceptors (Lipinski definition) is 7. The molecule has 5 rings (SSSR count). The molecule has 8 heteroatoms. The summed E-state index contributed by atoms with van der Waals surface area (Å²) in [6.45, 7) is 8.53. The first-order valence-electron chi connectivity index (χ1n) is 12.3. The molecule has 1 unspecified atom stereocenters. The van der Waals surface area contributed by atoms with Gasteiger partial charge in [0.05, 0.1) is 12.6 Å². The highest BCUT2D eigenvalue weighted by atomic mass is 16.3. The number of rotatable bonds is 7. The number of anilines is 2. The second kappa shape index (κ2) is 9.65. The summed E-state index contributed by atoms with van der Waals surface area (Å²) < 4.78 is 2.19. The van der Waals surface area contributed by atoms with E-state index in [4.69, 9.17) is 4.98 Å². The van der Waals surface area contributed by atoms with Gasteiger partial charge in [-0.3, -0.25) is 9.47 Å². The van der Waals surface area contributed by atoms with Crippen molar-refractivity contribution in [1.29, 1.82) is 0 Å². The molecule has 0 saturated carbocycles.